The molecule has 112 valence electrons. The molecule has 1 unspecified atom stereocenters. The van der Waals surface area contributed by atoms with Crippen LogP contribution in [0, 0.1) is 12.7 Å². The van der Waals surface area contributed by atoms with E-state index in [0.29, 0.717) is 17.7 Å². The molecule has 1 N–H and O–H groups in total. The Kier molecular flexibility index (Phi) is 3.63. The minimum atomic E-state index is -0.598. The number of hydrogen-bond donors (Lipinski definition) is 1. The number of nitrogens with zero attached hydrogens (tertiary/aromatic N) is 1. The molecule has 1 heterocycles. The lowest BCUT2D eigenvalue weighted by Gasteiger charge is -2.15. The number of hydrogen-bond acceptors (Lipinski definition) is 2. The zero-order valence-corrected chi connectivity index (χ0v) is 12.0. The maximum Gasteiger partial charge on any atom is 0.329 e. The molecule has 4 nitrogen and oxygen atoms in total. The Morgan fingerprint density at radius 2 is 1.86 bits per heavy atom. The highest BCUT2D eigenvalue weighted by Crippen LogP contribution is 2.25. The zero-order chi connectivity index (χ0) is 15.7. The van der Waals surface area contributed by atoms with Gasteiger partial charge in [-0.15, -0.1) is 0 Å². The van der Waals surface area contributed by atoms with Crippen LogP contribution in [-0.4, -0.2) is 18.0 Å². The molecule has 0 bridgehead atoms. The predicted octanol–water partition coefficient (Wildman–Crippen LogP) is 2.80. The quantitative estimate of drug-likeness (QED) is 0.886. The normalized spacial score (nSPS) is 17.7. The Morgan fingerprint density at radius 3 is 2.55 bits per heavy atom. The summed E-state index contributed by atoms with van der Waals surface area (Å²) in [6, 6.07) is 12.4. The van der Waals surface area contributed by atoms with Crippen LogP contribution in [0.2, 0.25) is 0 Å². The van der Waals surface area contributed by atoms with Crippen molar-refractivity contribution in [1.29, 1.82) is 0 Å². The molecule has 5 heteroatoms. The zero-order valence-electron chi connectivity index (χ0n) is 12.0. The van der Waals surface area contributed by atoms with Crippen LogP contribution in [0.4, 0.5) is 14.9 Å². The molecule has 0 spiro atoms. The number of imide groups is 1. The molecule has 2 aromatic carbocycles. The SMILES string of the molecule is Cc1cc(F)ccc1N1C(=O)NC(Cc2ccccc2)C1=O. The third-order valence-electron chi connectivity index (χ3n) is 3.70. The van der Waals surface area contributed by atoms with Crippen molar-refractivity contribution in [2.24, 2.45) is 0 Å². The van der Waals surface area contributed by atoms with Gasteiger partial charge < -0.3 is 5.32 Å². The summed E-state index contributed by atoms with van der Waals surface area (Å²) >= 11 is 0. The van der Waals surface area contributed by atoms with Crippen LogP contribution in [0.5, 0.6) is 0 Å². The maximum atomic E-state index is 13.2. The molecule has 3 amide bonds. The predicted molar refractivity (Wildman–Crippen MR) is 81.1 cm³/mol. The van der Waals surface area contributed by atoms with Crippen LogP contribution in [0.3, 0.4) is 0 Å². The molecule has 1 aliphatic rings. The molecule has 22 heavy (non-hydrogen) atoms. The highest BCUT2D eigenvalue weighted by atomic mass is 19.1. The van der Waals surface area contributed by atoms with E-state index in [0.717, 1.165) is 10.5 Å². The third kappa shape index (κ3) is 2.57. The lowest BCUT2D eigenvalue weighted by atomic mass is 10.1. The second-order valence-electron chi connectivity index (χ2n) is 5.30. The first kappa shape index (κ1) is 14.3. The molecule has 1 atom stereocenters. The van der Waals surface area contributed by atoms with Crippen molar-refractivity contribution in [2.45, 2.75) is 19.4 Å². The van der Waals surface area contributed by atoms with Gasteiger partial charge in [-0.25, -0.2) is 14.1 Å². The number of carbonyl (C=O) groups excluding carboxylic acids is 2. The molecule has 0 saturated carbocycles. The second-order valence-corrected chi connectivity index (χ2v) is 5.30. The lowest BCUT2D eigenvalue weighted by Crippen LogP contribution is -2.32. The van der Waals surface area contributed by atoms with Gasteiger partial charge in [-0.1, -0.05) is 30.3 Å². The van der Waals surface area contributed by atoms with Gasteiger partial charge in [0.05, 0.1) is 5.69 Å². The first-order valence-electron chi connectivity index (χ1n) is 7.01. The largest absolute Gasteiger partial charge is 0.329 e. The van der Waals surface area contributed by atoms with E-state index in [2.05, 4.69) is 5.32 Å². The lowest BCUT2D eigenvalue weighted by molar-refractivity contribution is -0.118. The fraction of sp³-hybridized carbons (Fsp3) is 0.176. The van der Waals surface area contributed by atoms with Crippen LogP contribution in [-0.2, 0) is 11.2 Å². The van der Waals surface area contributed by atoms with E-state index >= 15 is 0 Å². The minimum Gasteiger partial charge on any atom is -0.325 e. The Balaban J connectivity index is 1.85. The summed E-state index contributed by atoms with van der Waals surface area (Å²) in [7, 11) is 0. The summed E-state index contributed by atoms with van der Waals surface area (Å²) in [5, 5.41) is 2.69. The van der Waals surface area contributed by atoms with E-state index in [1.165, 1.54) is 18.2 Å². The molecule has 1 saturated heterocycles. The van der Waals surface area contributed by atoms with E-state index in [1.807, 2.05) is 30.3 Å². The van der Waals surface area contributed by atoms with Crippen molar-refractivity contribution in [3.8, 4) is 0 Å². The second kappa shape index (κ2) is 5.60. The highest BCUT2D eigenvalue weighted by Gasteiger charge is 2.39. The number of halogens is 1. The third-order valence-corrected chi connectivity index (χ3v) is 3.70. The summed E-state index contributed by atoms with van der Waals surface area (Å²) in [5.41, 5.74) is 1.93. The molecule has 3 rings (SSSR count). The van der Waals surface area contributed by atoms with Gasteiger partial charge in [0.15, 0.2) is 0 Å². The van der Waals surface area contributed by atoms with Crippen LogP contribution in [0.25, 0.3) is 0 Å². The number of anilines is 1. The molecule has 1 fully saturated rings. The minimum absolute atomic E-state index is 0.316. The van der Waals surface area contributed by atoms with E-state index in [4.69, 9.17) is 0 Å². The first-order chi connectivity index (χ1) is 10.6. The summed E-state index contributed by atoms with van der Waals surface area (Å²) in [6.45, 7) is 1.67. The first-order valence-corrected chi connectivity index (χ1v) is 7.01. The molecule has 2 aromatic rings. The maximum absolute atomic E-state index is 13.2. The number of aryl methyl sites for hydroxylation is 1. The van der Waals surface area contributed by atoms with Crippen LogP contribution >= 0.6 is 0 Å². The summed E-state index contributed by atoms with van der Waals surface area (Å²) in [6.07, 6.45) is 0.433. The average molecular weight is 298 g/mol. The van der Waals surface area contributed by atoms with E-state index in [9.17, 15) is 14.0 Å². The van der Waals surface area contributed by atoms with Gasteiger partial charge >= 0.3 is 6.03 Å². The Hall–Kier alpha value is -2.69. The fourth-order valence-electron chi connectivity index (χ4n) is 2.62. The Morgan fingerprint density at radius 1 is 1.14 bits per heavy atom. The topological polar surface area (TPSA) is 49.4 Å². The van der Waals surface area contributed by atoms with Crippen molar-refractivity contribution in [1.82, 2.24) is 5.32 Å². The average Bonchev–Trinajstić information content (AvgIpc) is 2.75. The number of urea groups is 1. The van der Waals surface area contributed by atoms with Crippen molar-refractivity contribution < 1.29 is 14.0 Å². The molecule has 0 aliphatic carbocycles. The molecule has 0 aromatic heterocycles. The smallest absolute Gasteiger partial charge is 0.325 e. The van der Waals surface area contributed by atoms with Crippen molar-refractivity contribution in [3.05, 3.63) is 65.5 Å². The van der Waals surface area contributed by atoms with Gasteiger partial charge in [0.1, 0.15) is 11.9 Å². The van der Waals surface area contributed by atoms with E-state index < -0.39 is 17.9 Å². The van der Waals surface area contributed by atoms with Crippen molar-refractivity contribution >= 4 is 17.6 Å². The van der Waals surface area contributed by atoms with E-state index in [1.54, 1.807) is 6.92 Å². The molecular weight excluding hydrogens is 283 g/mol. The van der Waals surface area contributed by atoms with Gasteiger partial charge in [0.2, 0.25) is 0 Å². The Bertz CT molecular complexity index is 731. The molecule has 1 aliphatic heterocycles. The number of nitrogens with one attached hydrogen (secondary N) is 1. The van der Waals surface area contributed by atoms with Gasteiger partial charge in [-0.3, -0.25) is 4.79 Å². The number of benzene rings is 2. The standard InChI is InChI=1S/C17H15FN2O2/c1-11-9-13(18)7-8-15(11)20-16(21)14(19-17(20)22)10-12-5-3-2-4-6-12/h2-9,14H,10H2,1H3,(H,19,22). The number of carbonyl (C=O) groups is 2. The summed E-state index contributed by atoms with van der Waals surface area (Å²) in [4.78, 5) is 25.7. The van der Waals surface area contributed by atoms with Crippen LogP contribution < -0.4 is 10.2 Å². The monoisotopic (exact) mass is 298 g/mol. The number of amides is 3. The Labute approximate surface area is 127 Å². The van der Waals surface area contributed by atoms with Crippen LogP contribution in [0.15, 0.2) is 48.5 Å². The van der Waals surface area contributed by atoms with Crippen LogP contribution in [0.1, 0.15) is 11.1 Å². The van der Waals surface area contributed by atoms with E-state index in [-0.39, 0.29) is 5.91 Å². The summed E-state index contributed by atoms with van der Waals surface area (Å²) < 4.78 is 13.2. The highest BCUT2D eigenvalue weighted by molar-refractivity contribution is 6.21. The van der Waals surface area contributed by atoms with Gasteiger partial charge in [0, 0.05) is 6.42 Å². The summed E-state index contributed by atoms with van der Waals surface area (Å²) in [5.74, 6) is -0.710. The molecule has 0 radical (unpaired) electrons. The van der Waals surface area contributed by atoms with Gasteiger partial charge in [-0.05, 0) is 36.2 Å². The van der Waals surface area contributed by atoms with Gasteiger partial charge in [-0.2, -0.15) is 0 Å². The fourth-order valence-corrected chi connectivity index (χ4v) is 2.62. The number of rotatable bonds is 3. The van der Waals surface area contributed by atoms with Gasteiger partial charge in [0.25, 0.3) is 5.91 Å². The van der Waals surface area contributed by atoms with Crippen molar-refractivity contribution in [2.75, 3.05) is 4.90 Å². The molecular formula is C17H15FN2O2. The van der Waals surface area contributed by atoms with Crippen molar-refractivity contribution in [3.63, 3.8) is 0 Å².